The molecule has 6 rings (SSSR count). The Balaban J connectivity index is 1.16. The molecule has 0 saturated carbocycles. The molecule has 46 heavy (non-hydrogen) atoms. The Morgan fingerprint density at radius 3 is 1.09 bits per heavy atom. The first-order valence-electron chi connectivity index (χ1n) is 17.3. The summed E-state index contributed by atoms with van der Waals surface area (Å²) in [6.45, 7) is 4.52. The lowest BCUT2D eigenvalue weighted by atomic mass is 9.97. The van der Waals surface area contributed by atoms with Crippen LogP contribution in [0.15, 0.2) is 109 Å². The molecule has 0 aliphatic carbocycles. The second kappa shape index (κ2) is 15.5. The van der Waals surface area contributed by atoms with Gasteiger partial charge >= 0.3 is 0 Å². The number of rotatable bonds is 10. The maximum absolute atomic E-state index is 3.39. The average molecular weight is 597 g/mol. The van der Waals surface area contributed by atoms with Gasteiger partial charge in [0.25, 0.3) is 0 Å². The Morgan fingerprint density at radius 1 is 0.326 bits per heavy atom. The Labute approximate surface area is 275 Å². The van der Waals surface area contributed by atoms with Crippen LogP contribution in [0.1, 0.15) is 98.6 Å². The molecule has 228 valence electrons. The first kappa shape index (κ1) is 31.2. The van der Waals surface area contributed by atoms with Gasteiger partial charge in [0.1, 0.15) is 0 Å². The second-order valence-corrected chi connectivity index (χ2v) is 12.7. The fraction of sp³-hybridized carbons (Fsp3) is 0.261. The van der Waals surface area contributed by atoms with Crippen molar-refractivity contribution < 1.29 is 0 Å². The molecule has 0 atom stereocenters. The lowest BCUT2D eigenvalue weighted by Gasteiger charge is -2.06. The zero-order valence-corrected chi connectivity index (χ0v) is 27.5. The molecule has 0 radical (unpaired) electrons. The third-order valence-corrected chi connectivity index (χ3v) is 9.00. The molecule has 0 heteroatoms. The van der Waals surface area contributed by atoms with Crippen molar-refractivity contribution in [1.82, 2.24) is 0 Å². The SMILES string of the molecule is CCCCCCc1ccc(C#Cc2ccc3cc4cc5cc(C#Cc6ccc(CCCCCC)cc6)ccc5cc4cc3c2)cc1. The topological polar surface area (TPSA) is 0 Å². The Morgan fingerprint density at radius 2 is 0.674 bits per heavy atom. The average Bonchev–Trinajstić information content (AvgIpc) is 3.09. The van der Waals surface area contributed by atoms with Crippen LogP contribution in [0.3, 0.4) is 0 Å². The molecule has 0 aliphatic heterocycles. The molecule has 0 amide bonds. The predicted octanol–water partition coefficient (Wildman–Crippen LogP) is 12.2. The van der Waals surface area contributed by atoms with Gasteiger partial charge < -0.3 is 0 Å². The van der Waals surface area contributed by atoms with Crippen LogP contribution in [0.4, 0.5) is 0 Å². The van der Waals surface area contributed by atoms with E-state index in [1.807, 2.05) is 0 Å². The summed E-state index contributed by atoms with van der Waals surface area (Å²) < 4.78 is 0. The molecule has 0 unspecified atom stereocenters. The Kier molecular flexibility index (Phi) is 10.5. The summed E-state index contributed by atoms with van der Waals surface area (Å²) >= 11 is 0. The second-order valence-electron chi connectivity index (χ2n) is 12.7. The van der Waals surface area contributed by atoms with Crippen LogP contribution in [-0.4, -0.2) is 0 Å². The standard InChI is InChI=1S/C46H44/c1-3-5-7-9-11-35-13-17-37(18-14-35)21-23-39-25-27-41-31-46-34-44-30-40(26-28-42(44)32-45(46)33-43(41)29-39)24-22-38-19-15-36(16-20-38)12-10-8-6-4-2/h13-20,25-34H,3-12H2,1-2H3. The highest BCUT2D eigenvalue weighted by Gasteiger charge is 2.04. The molecule has 0 heterocycles. The van der Waals surface area contributed by atoms with Gasteiger partial charge in [-0.15, -0.1) is 0 Å². The number of benzene rings is 6. The minimum atomic E-state index is 1.04. The summed E-state index contributed by atoms with van der Waals surface area (Å²) in [6, 6.07) is 39.8. The number of aryl methyl sites for hydroxylation is 2. The molecule has 0 aliphatic rings. The zero-order valence-electron chi connectivity index (χ0n) is 27.5. The van der Waals surface area contributed by atoms with Gasteiger partial charge in [-0.1, -0.05) is 112 Å². The van der Waals surface area contributed by atoms with E-state index in [0.29, 0.717) is 0 Å². The highest BCUT2D eigenvalue weighted by atomic mass is 14.1. The normalized spacial score (nSPS) is 10.9. The molecule has 0 fully saturated rings. The summed E-state index contributed by atoms with van der Waals surface area (Å²) in [4.78, 5) is 0. The van der Waals surface area contributed by atoms with Gasteiger partial charge in [-0.25, -0.2) is 0 Å². The molecular formula is C46H44. The fourth-order valence-electron chi connectivity index (χ4n) is 6.21. The number of hydrogen-bond donors (Lipinski definition) is 0. The van der Waals surface area contributed by atoms with Crippen LogP contribution in [0.2, 0.25) is 0 Å². The number of unbranched alkanes of at least 4 members (excludes halogenated alkanes) is 6. The Hall–Kier alpha value is -4.78. The maximum Gasteiger partial charge on any atom is 0.0255 e. The lowest BCUT2D eigenvalue weighted by molar-refractivity contribution is 0.667. The van der Waals surface area contributed by atoms with Crippen molar-refractivity contribution in [2.24, 2.45) is 0 Å². The molecule has 0 nitrogen and oxygen atoms in total. The fourth-order valence-corrected chi connectivity index (χ4v) is 6.21. The molecule has 0 spiro atoms. The number of hydrogen-bond acceptors (Lipinski definition) is 0. The van der Waals surface area contributed by atoms with Crippen molar-refractivity contribution >= 4 is 32.3 Å². The third-order valence-electron chi connectivity index (χ3n) is 9.00. The van der Waals surface area contributed by atoms with E-state index in [4.69, 9.17) is 0 Å². The van der Waals surface area contributed by atoms with Crippen LogP contribution >= 0.6 is 0 Å². The zero-order chi connectivity index (χ0) is 31.6. The molecule has 6 aromatic rings. The van der Waals surface area contributed by atoms with Crippen molar-refractivity contribution in [2.45, 2.75) is 78.1 Å². The van der Waals surface area contributed by atoms with Gasteiger partial charge in [0.2, 0.25) is 0 Å². The van der Waals surface area contributed by atoms with Crippen LogP contribution in [0, 0.1) is 23.7 Å². The quantitative estimate of drug-likeness (QED) is 0.0838. The van der Waals surface area contributed by atoms with Crippen molar-refractivity contribution in [3.05, 3.63) is 143 Å². The molecular weight excluding hydrogens is 553 g/mol. The molecule has 0 N–H and O–H groups in total. The highest BCUT2D eigenvalue weighted by Crippen LogP contribution is 2.28. The van der Waals surface area contributed by atoms with Crippen LogP contribution < -0.4 is 0 Å². The maximum atomic E-state index is 3.39. The van der Waals surface area contributed by atoms with Crippen molar-refractivity contribution in [2.75, 3.05) is 0 Å². The van der Waals surface area contributed by atoms with Crippen LogP contribution in [-0.2, 0) is 12.8 Å². The summed E-state index contributed by atoms with van der Waals surface area (Å²) in [7, 11) is 0. The lowest BCUT2D eigenvalue weighted by Crippen LogP contribution is -1.86. The Bertz CT molecular complexity index is 1900. The largest absolute Gasteiger partial charge is 0.0654 e. The minimum Gasteiger partial charge on any atom is -0.0654 e. The van der Waals surface area contributed by atoms with Crippen LogP contribution in [0.5, 0.6) is 0 Å². The van der Waals surface area contributed by atoms with Gasteiger partial charge in [0.05, 0.1) is 0 Å². The number of fused-ring (bicyclic) bond motifs is 3. The molecule has 0 bridgehead atoms. The van der Waals surface area contributed by atoms with Gasteiger partial charge in [0.15, 0.2) is 0 Å². The van der Waals surface area contributed by atoms with Gasteiger partial charge in [-0.2, -0.15) is 0 Å². The molecule has 0 aromatic heterocycles. The monoisotopic (exact) mass is 596 g/mol. The van der Waals surface area contributed by atoms with E-state index in [2.05, 4.69) is 147 Å². The minimum absolute atomic E-state index is 1.04. The summed E-state index contributed by atoms with van der Waals surface area (Å²) in [6.07, 6.45) is 12.7. The summed E-state index contributed by atoms with van der Waals surface area (Å²) in [5, 5.41) is 7.39. The van der Waals surface area contributed by atoms with Crippen molar-refractivity contribution in [3.8, 4) is 23.7 Å². The highest BCUT2D eigenvalue weighted by molar-refractivity contribution is 6.05. The van der Waals surface area contributed by atoms with E-state index >= 15 is 0 Å². The van der Waals surface area contributed by atoms with Crippen LogP contribution in [0.25, 0.3) is 32.3 Å². The van der Waals surface area contributed by atoms with E-state index < -0.39 is 0 Å². The van der Waals surface area contributed by atoms with E-state index in [0.717, 1.165) is 35.1 Å². The third kappa shape index (κ3) is 8.27. The summed E-state index contributed by atoms with van der Waals surface area (Å²) in [5.41, 5.74) is 7.03. The van der Waals surface area contributed by atoms with Crippen molar-refractivity contribution in [1.29, 1.82) is 0 Å². The first-order chi connectivity index (χ1) is 22.7. The van der Waals surface area contributed by atoms with E-state index in [1.165, 1.54) is 94.8 Å². The first-order valence-corrected chi connectivity index (χ1v) is 17.3. The predicted molar refractivity (Wildman–Crippen MR) is 199 cm³/mol. The van der Waals surface area contributed by atoms with E-state index in [-0.39, 0.29) is 0 Å². The van der Waals surface area contributed by atoms with Gasteiger partial charge in [-0.05, 0) is 142 Å². The van der Waals surface area contributed by atoms with Crippen molar-refractivity contribution in [3.63, 3.8) is 0 Å². The molecule has 0 saturated heterocycles. The van der Waals surface area contributed by atoms with Gasteiger partial charge in [0, 0.05) is 22.3 Å². The smallest absolute Gasteiger partial charge is 0.0255 e. The molecule has 6 aromatic carbocycles. The summed E-state index contributed by atoms with van der Waals surface area (Å²) in [5.74, 6) is 13.5. The van der Waals surface area contributed by atoms with Gasteiger partial charge in [-0.3, -0.25) is 0 Å². The van der Waals surface area contributed by atoms with E-state index in [1.54, 1.807) is 0 Å². The van der Waals surface area contributed by atoms with E-state index in [9.17, 15) is 0 Å².